The molecule has 1 aliphatic heterocycles. The fourth-order valence-corrected chi connectivity index (χ4v) is 2.99. The average molecular weight is 238 g/mol. The first-order chi connectivity index (χ1) is 7.77. The van der Waals surface area contributed by atoms with Crippen molar-refractivity contribution in [1.29, 1.82) is 0 Å². The Morgan fingerprint density at radius 3 is 3.06 bits per heavy atom. The van der Waals surface area contributed by atoms with Gasteiger partial charge in [-0.3, -0.25) is 4.79 Å². The van der Waals surface area contributed by atoms with Gasteiger partial charge >= 0.3 is 0 Å². The number of Topliss-reactive ketones (excluding diaryl/α,β-unsaturated/α-hetero) is 1. The van der Waals surface area contributed by atoms with Crippen LogP contribution in [0.2, 0.25) is 0 Å². The summed E-state index contributed by atoms with van der Waals surface area (Å²) < 4.78 is 5.63. The van der Waals surface area contributed by atoms with Gasteiger partial charge in [-0.15, -0.1) is 11.3 Å². The van der Waals surface area contributed by atoms with Gasteiger partial charge in [-0.2, -0.15) is 0 Å². The SMILES string of the molecule is Cc1ccsc1C(=O)CCC1CCCCO1. The van der Waals surface area contributed by atoms with E-state index in [4.69, 9.17) is 4.74 Å². The molecule has 1 saturated heterocycles. The predicted molar refractivity (Wildman–Crippen MR) is 66.2 cm³/mol. The van der Waals surface area contributed by atoms with Crippen molar-refractivity contribution >= 4 is 17.1 Å². The molecule has 16 heavy (non-hydrogen) atoms. The molecule has 0 aromatic carbocycles. The lowest BCUT2D eigenvalue weighted by Gasteiger charge is -2.22. The van der Waals surface area contributed by atoms with Gasteiger partial charge in [0.05, 0.1) is 11.0 Å². The number of hydrogen-bond acceptors (Lipinski definition) is 3. The first kappa shape index (κ1) is 11.8. The average Bonchev–Trinajstić information content (AvgIpc) is 2.74. The van der Waals surface area contributed by atoms with Crippen LogP contribution in [0.4, 0.5) is 0 Å². The van der Waals surface area contributed by atoms with Gasteiger partial charge in [0.25, 0.3) is 0 Å². The Labute approximate surface area is 101 Å². The lowest BCUT2D eigenvalue weighted by molar-refractivity contribution is 0.0105. The summed E-state index contributed by atoms with van der Waals surface area (Å²) in [5.41, 5.74) is 1.11. The quantitative estimate of drug-likeness (QED) is 0.749. The van der Waals surface area contributed by atoms with E-state index in [0.29, 0.717) is 12.5 Å². The molecule has 88 valence electrons. The maximum Gasteiger partial charge on any atom is 0.173 e. The number of ketones is 1. The summed E-state index contributed by atoms with van der Waals surface area (Å²) in [6, 6.07) is 2.01. The molecule has 1 atom stereocenters. The molecule has 0 spiro atoms. The fourth-order valence-electron chi connectivity index (χ4n) is 2.10. The number of hydrogen-bond donors (Lipinski definition) is 0. The van der Waals surface area contributed by atoms with Gasteiger partial charge in [0.2, 0.25) is 0 Å². The van der Waals surface area contributed by atoms with Crippen LogP contribution < -0.4 is 0 Å². The smallest absolute Gasteiger partial charge is 0.173 e. The molecule has 0 N–H and O–H groups in total. The van der Waals surface area contributed by atoms with Crippen molar-refractivity contribution in [2.75, 3.05) is 6.61 Å². The minimum atomic E-state index is 0.279. The zero-order chi connectivity index (χ0) is 11.4. The first-order valence-electron chi connectivity index (χ1n) is 5.96. The summed E-state index contributed by atoms with van der Waals surface area (Å²) in [5, 5.41) is 1.99. The third-order valence-corrected chi connectivity index (χ3v) is 4.14. The van der Waals surface area contributed by atoms with E-state index in [1.807, 2.05) is 18.4 Å². The number of ether oxygens (including phenoxy) is 1. The van der Waals surface area contributed by atoms with Crippen LogP contribution in [0, 0.1) is 6.92 Å². The van der Waals surface area contributed by atoms with Crippen molar-refractivity contribution < 1.29 is 9.53 Å². The Morgan fingerprint density at radius 1 is 1.56 bits per heavy atom. The highest BCUT2D eigenvalue weighted by Crippen LogP contribution is 2.21. The number of carbonyl (C=O) groups excluding carboxylic acids is 1. The van der Waals surface area contributed by atoms with Crippen molar-refractivity contribution in [3.8, 4) is 0 Å². The Bertz CT molecular complexity index is 351. The molecule has 2 nitrogen and oxygen atoms in total. The second-order valence-electron chi connectivity index (χ2n) is 4.38. The normalized spacial score (nSPS) is 20.9. The standard InChI is InChI=1S/C13H18O2S/c1-10-7-9-16-13(10)12(14)6-5-11-4-2-3-8-15-11/h7,9,11H,2-6,8H2,1H3. The highest BCUT2D eigenvalue weighted by Gasteiger charge is 2.17. The lowest BCUT2D eigenvalue weighted by atomic mass is 10.0. The largest absolute Gasteiger partial charge is 0.378 e. The zero-order valence-electron chi connectivity index (χ0n) is 9.70. The molecular formula is C13H18O2S. The topological polar surface area (TPSA) is 26.3 Å². The van der Waals surface area contributed by atoms with E-state index < -0.39 is 0 Å². The summed E-state index contributed by atoms with van der Waals surface area (Å²) in [6.07, 6.45) is 5.38. The van der Waals surface area contributed by atoms with Crippen LogP contribution in [0.1, 0.15) is 47.3 Å². The molecular weight excluding hydrogens is 220 g/mol. The first-order valence-corrected chi connectivity index (χ1v) is 6.84. The van der Waals surface area contributed by atoms with E-state index in [9.17, 15) is 4.79 Å². The molecule has 0 amide bonds. The van der Waals surface area contributed by atoms with Crippen LogP contribution in [0.3, 0.4) is 0 Å². The molecule has 0 aliphatic carbocycles. The van der Waals surface area contributed by atoms with Crippen LogP contribution >= 0.6 is 11.3 Å². The maximum atomic E-state index is 11.9. The lowest BCUT2D eigenvalue weighted by Crippen LogP contribution is -2.19. The second-order valence-corrected chi connectivity index (χ2v) is 5.30. The van der Waals surface area contributed by atoms with Crippen molar-refractivity contribution in [3.05, 3.63) is 21.9 Å². The second kappa shape index (κ2) is 5.60. The molecule has 1 unspecified atom stereocenters. The molecule has 1 aromatic rings. The van der Waals surface area contributed by atoms with Crippen molar-refractivity contribution in [3.63, 3.8) is 0 Å². The minimum Gasteiger partial charge on any atom is -0.378 e. The Kier molecular flexibility index (Phi) is 4.13. The van der Waals surface area contributed by atoms with Crippen molar-refractivity contribution in [1.82, 2.24) is 0 Å². The molecule has 0 radical (unpaired) electrons. The molecule has 1 aromatic heterocycles. The molecule has 0 bridgehead atoms. The Balaban J connectivity index is 1.81. The van der Waals surface area contributed by atoms with Crippen molar-refractivity contribution in [2.45, 2.75) is 45.1 Å². The van der Waals surface area contributed by atoms with E-state index in [1.54, 1.807) is 11.3 Å². The van der Waals surface area contributed by atoms with Gasteiger partial charge in [-0.1, -0.05) is 0 Å². The molecule has 1 aliphatic rings. The van der Waals surface area contributed by atoms with Crippen LogP contribution in [0.15, 0.2) is 11.4 Å². The predicted octanol–water partition coefficient (Wildman–Crippen LogP) is 3.59. The highest BCUT2D eigenvalue weighted by molar-refractivity contribution is 7.12. The number of thiophene rings is 1. The fraction of sp³-hybridized carbons (Fsp3) is 0.615. The van der Waals surface area contributed by atoms with Gasteiger partial charge in [-0.05, 0) is 49.6 Å². The molecule has 2 heterocycles. The van der Waals surface area contributed by atoms with E-state index >= 15 is 0 Å². The third-order valence-electron chi connectivity index (χ3n) is 3.08. The zero-order valence-corrected chi connectivity index (χ0v) is 10.5. The van der Waals surface area contributed by atoms with Gasteiger partial charge in [-0.25, -0.2) is 0 Å². The van der Waals surface area contributed by atoms with Crippen molar-refractivity contribution in [2.24, 2.45) is 0 Å². The van der Waals surface area contributed by atoms with E-state index in [2.05, 4.69) is 0 Å². The third kappa shape index (κ3) is 2.92. The summed E-state index contributed by atoms with van der Waals surface area (Å²) in [5.74, 6) is 0.279. The van der Waals surface area contributed by atoms with E-state index in [-0.39, 0.29) is 5.78 Å². The Morgan fingerprint density at radius 2 is 2.44 bits per heavy atom. The van der Waals surface area contributed by atoms with E-state index in [0.717, 1.165) is 29.9 Å². The molecule has 0 saturated carbocycles. The van der Waals surface area contributed by atoms with Gasteiger partial charge in [0, 0.05) is 13.0 Å². The maximum absolute atomic E-state index is 11.9. The number of aryl methyl sites for hydroxylation is 1. The van der Waals surface area contributed by atoms with Gasteiger partial charge in [0.1, 0.15) is 0 Å². The minimum absolute atomic E-state index is 0.279. The van der Waals surface area contributed by atoms with Gasteiger partial charge < -0.3 is 4.74 Å². The van der Waals surface area contributed by atoms with Crippen LogP contribution in [0.5, 0.6) is 0 Å². The summed E-state index contributed by atoms with van der Waals surface area (Å²) in [7, 11) is 0. The summed E-state index contributed by atoms with van der Waals surface area (Å²) >= 11 is 1.55. The Hall–Kier alpha value is -0.670. The van der Waals surface area contributed by atoms with Gasteiger partial charge in [0.15, 0.2) is 5.78 Å². The molecule has 3 heteroatoms. The van der Waals surface area contributed by atoms with E-state index in [1.165, 1.54) is 12.8 Å². The van der Waals surface area contributed by atoms with Crippen LogP contribution in [0.25, 0.3) is 0 Å². The van der Waals surface area contributed by atoms with Crippen LogP contribution in [-0.2, 0) is 4.74 Å². The summed E-state index contributed by atoms with van der Waals surface area (Å²) in [4.78, 5) is 12.9. The monoisotopic (exact) mass is 238 g/mol. The molecule has 2 rings (SSSR count). The summed E-state index contributed by atoms with van der Waals surface area (Å²) in [6.45, 7) is 2.87. The number of carbonyl (C=O) groups is 1. The number of rotatable bonds is 4. The highest BCUT2D eigenvalue weighted by atomic mass is 32.1. The molecule has 1 fully saturated rings. The van der Waals surface area contributed by atoms with Crippen LogP contribution in [-0.4, -0.2) is 18.5 Å².